The molecule has 1 heterocycles. The van der Waals surface area contributed by atoms with Crippen molar-refractivity contribution in [2.75, 3.05) is 6.54 Å². The highest BCUT2D eigenvalue weighted by atomic mass is 32.2. The van der Waals surface area contributed by atoms with E-state index in [1.54, 1.807) is 23.1 Å². The van der Waals surface area contributed by atoms with Crippen molar-refractivity contribution in [3.63, 3.8) is 0 Å². The van der Waals surface area contributed by atoms with Gasteiger partial charge in [0.2, 0.25) is 10.0 Å². The van der Waals surface area contributed by atoms with E-state index in [4.69, 9.17) is 10.5 Å². The molecule has 32 heavy (non-hydrogen) atoms. The summed E-state index contributed by atoms with van der Waals surface area (Å²) < 4.78 is 23.3. The Bertz CT molecular complexity index is 1180. The van der Waals surface area contributed by atoms with Gasteiger partial charge >= 0.3 is 0 Å². The van der Waals surface area contributed by atoms with E-state index >= 15 is 0 Å². The summed E-state index contributed by atoms with van der Waals surface area (Å²) in [6.07, 6.45) is 0. The molecule has 7 nitrogen and oxygen atoms in total. The standard InChI is InChI=1S/C24H31N3O4S/c1-23(2,3)18-9-15(10-19(21(18)29)24(4,5)6)20(28)13-27-12-14-7-8-16(32(26,30)31)11-17(14)22(27)25/h7-11,25,29H,12-13H2,1-6H3,(H2,26,30,31). The third-order valence-corrected chi connectivity index (χ3v) is 6.64. The number of hydrogen-bond donors (Lipinski definition) is 3. The maximum absolute atomic E-state index is 13.3. The highest BCUT2D eigenvalue weighted by Crippen LogP contribution is 2.40. The van der Waals surface area contributed by atoms with Crippen molar-refractivity contribution in [1.82, 2.24) is 4.90 Å². The number of phenols is 1. The van der Waals surface area contributed by atoms with Gasteiger partial charge in [0.25, 0.3) is 0 Å². The van der Waals surface area contributed by atoms with Crippen LogP contribution in [0.3, 0.4) is 0 Å². The van der Waals surface area contributed by atoms with E-state index in [1.165, 1.54) is 12.1 Å². The number of nitrogens with zero attached hydrogens (tertiary/aromatic N) is 1. The summed E-state index contributed by atoms with van der Waals surface area (Å²) in [5.74, 6) is 0.119. The Kier molecular flexibility index (Phi) is 5.77. The zero-order valence-corrected chi connectivity index (χ0v) is 20.2. The monoisotopic (exact) mass is 457 g/mol. The lowest BCUT2D eigenvalue weighted by Crippen LogP contribution is -2.30. The number of nitrogens with two attached hydrogens (primary N) is 1. The molecular formula is C24H31N3O4S. The number of aromatic hydroxyl groups is 1. The SMILES string of the molecule is CC(C)(C)c1cc(C(=O)CN2Cc3ccc(S(N)(=O)=O)cc3C2=N)cc(C(C)(C)C)c1O. The molecule has 0 bridgehead atoms. The van der Waals surface area contributed by atoms with Gasteiger partial charge in [0.15, 0.2) is 5.78 Å². The number of Topliss-reactive ketones (excluding diaryl/α,β-unsaturated/α-hetero) is 1. The molecule has 0 aromatic heterocycles. The summed E-state index contributed by atoms with van der Waals surface area (Å²) in [5.41, 5.74) is 2.39. The predicted octanol–water partition coefficient (Wildman–Crippen LogP) is 3.66. The van der Waals surface area contributed by atoms with Crippen LogP contribution < -0.4 is 5.14 Å². The second kappa shape index (κ2) is 7.71. The molecule has 2 aromatic rings. The van der Waals surface area contributed by atoms with Crippen molar-refractivity contribution in [1.29, 1.82) is 5.41 Å². The lowest BCUT2D eigenvalue weighted by molar-refractivity contribution is 0.0962. The quantitative estimate of drug-likeness (QED) is 0.604. The van der Waals surface area contributed by atoms with Crippen LogP contribution in [0.5, 0.6) is 5.75 Å². The number of amidine groups is 1. The van der Waals surface area contributed by atoms with Gasteiger partial charge < -0.3 is 10.0 Å². The Morgan fingerprint density at radius 3 is 2.06 bits per heavy atom. The van der Waals surface area contributed by atoms with E-state index in [0.29, 0.717) is 28.8 Å². The summed E-state index contributed by atoms with van der Waals surface area (Å²) in [5, 5.41) is 24.6. The second-order valence-corrected chi connectivity index (χ2v) is 12.0. The minimum atomic E-state index is -3.88. The van der Waals surface area contributed by atoms with Crippen LogP contribution in [0.15, 0.2) is 35.2 Å². The van der Waals surface area contributed by atoms with E-state index in [9.17, 15) is 18.3 Å². The predicted molar refractivity (Wildman–Crippen MR) is 125 cm³/mol. The van der Waals surface area contributed by atoms with Gasteiger partial charge in [-0.25, -0.2) is 13.6 Å². The number of nitrogens with one attached hydrogen (secondary N) is 1. The summed E-state index contributed by atoms with van der Waals surface area (Å²) in [7, 11) is -3.88. The van der Waals surface area contributed by atoms with Gasteiger partial charge in [-0.2, -0.15) is 0 Å². The smallest absolute Gasteiger partial charge is 0.238 e. The molecule has 172 valence electrons. The van der Waals surface area contributed by atoms with Crippen molar-refractivity contribution < 1.29 is 18.3 Å². The molecule has 0 spiro atoms. The summed E-state index contributed by atoms with van der Waals surface area (Å²) in [6.45, 7) is 12.2. The molecule has 0 amide bonds. The van der Waals surface area contributed by atoms with Crippen molar-refractivity contribution in [2.45, 2.75) is 63.8 Å². The molecule has 0 radical (unpaired) electrons. The van der Waals surface area contributed by atoms with Crippen LogP contribution in [-0.2, 0) is 27.4 Å². The second-order valence-electron chi connectivity index (χ2n) is 10.4. The van der Waals surface area contributed by atoms with Crippen LogP contribution in [0, 0.1) is 5.41 Å². The first-order valence-electron chi connectivity index (χ1n) is 10.4. The van der Waals surface area contributed by atoms with E-state index in [-0.39, 0.29) is 39.6 Å². The lowest BCUT2D eigenvalue weighted by atomic mass is 9.78. The van der Waals surface area contributed by atoms with Crippen molar-refractivity contribution in [2.24, 2.45) is 5.14 Å². The van der Waals surface area contributed by atoms with Gasteiger partial charge in [-0.05, 0) is 40.7 Å². The molecule has 3 rings (SSSR count). The lowest BCUT2D eigenvalue weighted by Gasteiger charge is -2.28. The maximum Gasteiger partial charge on any atom is 0.238 e. The number of sulfonamides is 1. The van der Waals surface area contributed by atoms with Crippen LogP contribution in [0.25, 0.3) is 0 Å². The molecule has 0 unspecified atom stereocenters. The van der Waals surface area contributed by atoms with Gasteiger partial charge in [0, 0.05) is 28.8 Å². The topological polar surface area (TPSA) is 125 Å². The van der Waals surface area contributed by atoms with Crippen LogP contribution in [0.1, 0.15) is 74.2 Å². The average Bonchev–Trinajstić information content (AvgIpc) is 2.94. The first-order valence-corrected chi connectivity index (χ1v) is 12.0. The van der Waals surface area contributed by atoms with Gasteiger partial charge in [-0.1, -0.05) is 47.6 Å². The number of fused-ring (bicyclic) bond motifs is 1. The van der Waals surface area contributed by atoms with Crippen LogP contribution in [-0.4, -0.2) is 36.6 Å². The molecule has 8 heteroatoms. The Balaban J connectivity index is 1.95. The van der Waals surface area contributed by atoms with E-state index in [1.807, 2.05) is 41.5 Å². The molecule has 0 fully saturated rings. The Hall–Kier alpha value is -2.71. The van der Waals surface area contributed by atoms with Gasteiger partial charge in [0.1, 0.15) is 11.6 Å². The number of phenolic OH excluding ortho intramolecular Hbond substituents is 1. The maximum atomic E-state index is 13.3. The molecule has 1 aliphatic heterocycles. The van der Waals surface area contributed by atoms with Crippen LogP contribution >= 0.6 is 0 Å². The highest BCUT2D eigenvalue weighted by Gasteiger charge is 2.30. The van der Waals surface area contributed by atoms with Crippen molar-refractivity contribution in [3.05, 3.63) is 58.1 Å². The van der Waals surface area contributed by atoms with Crippen LogP contribution in [0.2, 0.25) is 0 Å². The molecule has 0 saturated heterocycles. The van der Waals surface area contributed by atoms with E-state index in [2.05, 4.69) is 0 Å². The molecule has 0 aliphatic carbocycles. The highest BCUT2D eigenvalue weighted by molar-refractivity contribution is 7.89. The fourth-order valence-electron chi connectivity index (χ4n) is 3.88. The molecule has 4 N–H and O–H groups in total. The van der Waals surface area contributed by atoms with Crippen LogP contribution in [0.4, 0.5) is 0 Å². The fraction of sp³-hybridized carbons (Fsp3) is 0.417. The summed E-state index contributed by atoms with van der Waals surface area (Å²) in [6, 6.07) is 7.90. The Labute approximate surface area is 189 Å². The van der Waals surface area contributed by atoms with E-state index < -0.39 is 10.0 Å². The van der Waals surface area contributed by atoms with Crippen molar-refractivity contribution >= 4 is 21.6 Å². The third-order valence-electron chi connectivity index (χ3n) is 5.72. The first kappa shape index (κ1) is 23.9. The van der Waals surface area contributed by atoms with Gasteiger partial charge in [-0.15, -0.1) is 0 Å². The first-order chi connectivity index (χ1) is 14.5. The van der Waals surface area contributed by atoms with Gasteiger partial charge in [-0.3, -0.25) is 10.2 Å². The molecule has 2 aromatic carbocycles. The minimum absolute atomic E-state index is 0.0316. The number of ketones is 1. The summed E-state index contributed by atoms with van der Waals surface area (Å²) >= 11 is 0. The molecular weight excluding hydrogens is 426 g/mol. The zero-order chi connectivity index (χ0) is 24.2. The zero-order valence-electron chi connectivity index (χ0n) is 19.4. The molecule has 0 saturated carbocycles. The number of rotatable bonds is 4. The van der Waals surface area contributed by atoms with E-state index in [0.717, 1.165) is 5.56 Å². The fourth-order valence-corrected chi connectivity index (χ4v) is 4.42. The number of carbonyl (C=O) groups is 1. The number of primary sulfonamides is 1. The van der Waals surface area contributed by atoms with Gasteiger partial charge in [0.05, 0.1) is 11.4 Å². The minimum Gasteiger partial charge on any atom is -0.507 e. The number of benzene rings is 2. The molecule has 0 atom stereocenters. The number of hydrogen-bond acceptors (Lipinski definition) is 5. The Morgan fingerprint density at radius 1 is 1.06 bits per heavy atom. The largest absolute Gasteiger partial charge is 0.507 e. The van der Waals surface area contributed by atoms with Crippen molar-refractivity contribution in [3.8, 4) is 5.75 Å². The summed E-state index contributed by atoms with van der Waals surface area (Å²) in [4.78, 5) is 14.8. The molecule has 1 aliphatic rings. The average molecular weight is 458 g/mol. The number of carbonyl (C=O) groups excluding carboxylic acids is 1. The normalized spacial score (nSPS) is 14.6. The third kappa shape index (κ3) is 4.56. The Morgan fingerprint density at radius 2 is 1.59 bits per heavy atom.